The van der Waals surface area contributed by atoms with Gasteiger partial charge in [-0.1, -0.05) is 39.0 Å². The summed E-state index contributed by atoms with van der Waals surface area (Å²) in [6.45, 7) is 4.45. The summed E-state index contributed by atoms with van der Waals surface area (Å²) in [6, 6.07) is 0. The first-order valence-corrected chi connectivity index (χ1v) is 6.76. The third-order valence-corrected chi connectivity index (χ3v) is 3.38. The summed E-state index contributed by atoms with van der Waals surface area (Å²) >= 11 is 0. The van der Waals surface area contributed by atoms with Crippen LogP contribution in [0.2, 0.25) is 0 Å². The average Bonchev–Trinajstić information content (AvgIpc) is 2.30. The smallest absolute Gasteiger partial charge is 0.107 e. The van der Waals surface area contributed by atoms with Crippen molar-refractivity contribution in [3.8, 4) is 0 Å². The zero-order valence-corrected chi connectivity index (χ0v) is 10.2. The van der Waals surface area contributed by atoms with Gasteiger partial charge in [0.15, 0.2) is 0 Å². The highest BCUT2D eigenvalue weighted by Gasteiger charge is 2.17. The molecule has 1 aliphatic rings. The van der Waals surface area contributed by atoms with Gasteiger partial charge in [-0.3, -0.25) is 4.90 Å². The predicted molar refractivity (Wildman–Crippen MR) is 64.8 cm³/mol. The molecule has 1 atom stereocenters. The molecule has 0 aromatic carbocycles. The zero-order valence-electron chi connectivity index (χ0n) is 10.2. The average molecular weight is 213 g/mol. The van der Waals surface area contributed by atoms with E-state index < -0.39 is 0 Å². The minimum atomic E-state index is -0.160. The lowest BCUT2D eigenvalue weighted by atomic mass is 10.1. The molecule has 0 radical (unpaired) electrons. The maximum Gasteiger partial charge on any atom is 0.107 e. The molecule has 1 saturated heterocycles. The number of nitrogens with zero attached hydrogens (tertiary/aromatic N) is 1. The highest BCUT2D eigenvalue weighted by molar-refractivity contribution is 4.67. The number of rotatable bonds is 7. The van der Waals surface area contributed by atoms with Crippen molar-refractivity contribution in [3.63, 3.8) is 0 Å². The molecular formula is C13H27NO. The van der Waals surface area contributed by atoms with Crippen molar-refractivity contribution in [1.29, 1.82) is 0 Å². The number of aliphatic hydroxyl groups is 1. The molecule has 0 bridgehead atoms. The first-order chi connectivity index (χ1) is 7.34. The molecule has 0 saturated carbocycles. The first-order valence-electron chi connectivity index (χ1n) is 6.76. The van der Waals surface area contributed by atoms with E-state index in [9.17, 15) is 5.11 Å². The van der Waals surface area contributed by atoms with E-state index in [4.69, 9.17) is 0 Å². The Bertz CT molecular complexity index is 143. The Morgan fingerprint density at radius 2 is 1.67 bits per heavy atom. The van der Waals surface area contributed by atoms with E-state index in [2.05, 4.69) is 11.8 Å². The van der Waals surface area contributed by atoms with E-state index in [1.807, 2.05) is 0 Å². The van der Waals surface area contributed by atoms with Crippen LogP contribution in [0.5, 0.6) is 0 Å². The largest absolute Gasteiger partial charge is 0.378 e. The Morgan fingerprint density at radius 1 is 1.00 bits per heavy atom. The van der Waals surface area contributed by atoms with Crippen LogP contribution < -0.4 is 0 Å². The van der Waals surface area contributed by atoms with Gasteiger partial charge < -0.3 is 5.11 Å². The van der Waals surface area contributed by atoms with E-state index in [-0.39, 0.29) is 6.23 Å². The van der Waals surface area contributed by atoms with Crippen molar-refractivity contribution in [3.05, 3.63) is 0 Å². The molecule has 1 unspecified atom stereocenters. The van der Waals surface area contributed by atoms with Crippen molar-refractivity contribution in [1.82, 2.24) is 4.90 Å². The van der Waals surface area contributed by atoms with E-state index in [1.165, 1.54) is 51.4 Å². The minimum absolute atomic E-state index is 0.160. The van der Waals surface area contributed by atoms with E-state index in [0.29, 0.717) is 0 Å². The zero-order chi connectivity index (χ0) is 10.9. The van der Waals surface area contributed by atoms with Crippen LogP contribution in [0.4, 0.5) is 0 Å². The van der Waals surface area contributed by atoms with Gasteiger partial charge in [-0.05, 0) is 25.7 Å². The fourth-order valence-electron chi connectivity index (χ4n) is 2.33. The van der Waals surface area contributed by atoms with Crippen molar-refractivity contribution in [2.75, 3.05) is 13.1 Å². The Labute approximate surface area is 94.7 Å². The third kappa shape index (κ3) is 5.53. The van der Waals surface area contributed by atoms with Gasteiger partial charge in [0.1, 0.15) is 6.23 Å². The third-order valence-electron chi connectivity index (χ3n) is 3.38. The van der Waals surface area contributed by atoms with Gasteiger partial charge in [0, 0.05) is 13.1 Å². The fourth-order valence-corrected chi connectivity index (χ4v) is 2.33. The summed E-state index contributed by atoms with van der Waals surface area (Å²) in [7, 11) is 0. The Morgan fingerprint density at radius 3 is 2.33 bits per heavy atom. The summed E-state index contributed by atoms with van der Waals surface area (Å²) in [5, 5.41) is 9.96. The SMILES string of the molecule is CCCCCCCC(O)N1CCCCC1. The predicted octanol–water partition coefficient (Wildman–Crippen LogP) is 3.15. The molecule has 0 aliphatic carbocycles. The van der Waals surface area contributed by atoms with Crippen molar-refractivity contribution >= 4 is 0 Å². The van der Waals surface area contributed by atoms with Crippen LogP contribution in [0.1, 0.15) is 64.7 Å². The van der Waals surface area contributed by atoms with Crippen LogP contribution in [0.15, 0.2) is 0 Å². The molecule has 15 heavy (non-hydrogen) atoms. The number of hydrogen-bond acceptors (Lipinski definition) is 2. The molecule has 1 aliphatic heterocycles. The van der Waals surface area contributed by atoms with Gasteiger partial charge in [0.2, 0.25) is 0 Å². The topological polar surface area (TPSA) is 23.5 Å². The maximum atomic E-state index is 9.96. The first kappa shape index (κ1) is 13.0. The molecule has 0 spiro atoms. The number of hydrogen-bond donors (Lipinski definition) is 1. The highest BCUT2D eigenvalue weighted by atomic mass is 16.3. The second kappa shape index (κ2) is 8.12. The number of aliphatic hydroxyl groups excluding tert-OH is 1. The van der Waals surface area contributed by atoms with Crippen molar-refractivity contribution in [2.45, 2.75) is 70.9 Å². The van der Waals surface area contributed by atoms with Crippen LogP contribution in [-0.2, 0) is 0 Å². The fraction of sp³-hybridized carbons (Fsp3) is 1.00. The second-order valence-corrected chi connectivity index (χ2v) is 4.78. The molecular weight excluding hydrogens is 186 g/mol. The maximum absolute atomic E-state index is 9.96. The minimum Gasteiger partial charge on any atom is -0.378 e. The standard InChI is InChI=1S/C13H27NO/c1-2-3-4-5-7-10-13(15)14-11-8-6-9-12-14/h13,15H,2-12H2,1H3. The number of piperidine rings is 1. The molecule has 90 valence electrons. The lowest BCUT2D eigenvalue weighted by Gasteiger charge is -2.31. The molecule has 1 rings (SSSR count). The lowest BCUT2D eigenvalue weighted by molar-refractivity contribution is -0.0148. The molecule has 0 aromatic rings. The van der Waals surface area contributed by atoms with Crippen molar-refractivity contribution in [2.24, 2.45) is 0 Å². The Hall–Kier alpha value is -0.0800. The molecule has 1 fully saturated rings. The molecule has 2 nitrogen and oxygen atoms in total. The second-order valence-electron chi connectivity index (χ2n) is 4.78. The Kier molecular flexibility index (Phi) is 7.03. The summed E-state index contributed by atoms with van der Waals surface area (Å²) in [5.74, 6) is 0. The summed E-state index contributed by atoms with van der Waals surface area (Å²) in [6.07, 6.45) is 11.2. The molecule has 0 aromatic heterocycles. The monoisotopic (exact) mass is 213 g/mol. The molecule has 1 N–H and O–H groups in total. The molecule has 1 heterocycles. The van der Waals surface area contributed by atoms with Crippen LogP contribution >= 0.6 is 0 Å². The van der Waals surface area contributed by atoms with Crippen LogP contribution in [0.25, 0.3) is 0 Å². The van der Waals surface area contributed by atoms with Gasteiger partial charge in [-0.15, -0.1) is 0 Å². The summed E-state index contributed by atoms with van der Waals surface area (Å²) < 4.78 is 0. The van der Waals surface area contributed by atoms with E-state index in [0.717, 1.165) is 19.5 Å². The van der Waals surface area contributed by atoms with Gasteiger partial charge >= 0.3 is 0 Å². The van der Waals surface area contributed by atoms with Gasteiger partial charge in [-0.25, -0.2) is 0 Å². The molecule has 0 amide bonds. The highest BCUT2D eigenvalue weighted by Crippen LogP contribution is 2.15. The van der Waals surface area contributed by atoms with E-state index in [1.54, 1.807) is 0 Å². The lowest BCUT2D eigenvalue weighted by Crippen LogP contribution is -2.38. The summed E-state index contributed by atoms with van der Waals surface area (Å²) in [5.41, 5.74) is 0. The number of likely N-dealkylation sites (tertiary alicyclic amines) is 1. The van der Waals surface area contributed by atoms with Gasteiger partial charge in [-0.2, -0.15) is 0 Å². The normalized spacial score (nSPS) is 20.4. The van der Waals surface area contributed by atoms with E-state index >= 15 is 0 Å². The number of unbranched alkanes of at least 4 members (excludes halogenated alkanes) is 4. The summed E-state index contributed by atoms with van der Waals surface area (Å²) in [4.78, 5) is 2.25. The van der Waals surface area contributed by atoms with Crippen LogP contribution in [0, 0.1) is 0 Å². The van der Waals surface area contributed by atoms with Gasteiger partial charge in [0.05, 0.1) is 0 Å². The van der Waals surface area contributed by atoms with Crippen LogP contribution in [-0.4, -0.2) is 29.3 Å². The Balaban J connectivity index is 1.99. The quantitative estimate of drug-likeness (QED) is 0.657. The van der Waals surface area contributed by atoms with Gasteiger partial charge in [0.25, 0.3) is 0 Å². The van der Waals surface area contributed by atoms with Crippen molar-refractivity contribution < 1.29 is 5.11 Å². The molecule has 2 heteroatoms. The van der Waals surface area contributed by atoms with Crippen LogP contribution in [0.3, 0.4) is 0 Å².